The number of nitrogens with one attached hydrogen (secondary N) is 2. The molecule has 138 valence electrons. The zero-order valence-electron chi connectivity index (χ0n) is 14.4. The van der Waals surface area contributed by atoms with Gasteiger partial charge in [0, 0.05) is 35.7 Å². The summed E-state index contributed by atoms with van der Waals surface area (Å²) in [5.74, 6) is 1.42. The lowest BCUT2D eigenvalue weighted by Crippen LogP contribution is -2.33. The van der Waals surface area contributed by atoms with E-state index in [9.17, 15) is 9.90 Å². The second kappa shape index (κ2) is 8.95. The Bertz CT molecular complexity index is 741. The zero-order valence-corrected chi connectivity index (χ0v) is 15.9. The Balaban J connectivity index is 1.48. The minimum Gasteiger partial charge on any atom is -0.394 e. The van der Waals surface area contributed by atoms with Gasteiger partial charge in [0.2, 0.25) is 0 Å². The highest BCUT2D eigenvalue weighted by atomic mass is 79.9. The van der Waals surface area contributed by atoms with E-state index in [4.69, 9.17) is 0 Å². The number of aromatic nitrogens is 2. The maximum atomic E-state index is 12.1. The molecule has 1 amide bonds. The first kappa shape index (κ1) is 18.6. The number of amides is 1. The van der Waals surface area contributed by atoms with E-state index >= 15 is 0 Å². The van der Waals surface area contributed by atoms with Crippen molar-refractivity contribution in [3.05, 3.63) is 46.7 Å². The summed E-state index contributed by atoms with van der Waals surface area (Å²) in [7, 11) is 0. The van der Waals surface area contributed by atoms with Crippen molar-refractivity contribution < 1.29 is 9.90 Å². The molecule has 1 aromatic carbocycles. The number of aliphatic hydroxyl groups is 1. The number of halogens is 1. The van der Waals surface area contributed by atoms with Crippen LogP contribution in [0, 0.1) is 0 Å². The van der Waals surface area contributed by atoms with Crippen LogP contribution in [-0.4, -0.2) is 53.3 Å². The number of nitrogens with zero attached hydrogens (tertiary/aromatic N) is 3. The minimum atomic E-state index is -0.106. The molecule has 8 heteroatoms. The van der Waals surface area contributed by atoms with Gasteiger partial charge in [-0.05, 0) is 37.1 Å². The fraction of sp³-hybridized carbons (Fsp3) is 0.389. The van der Waals surface area contributed by atoms with Gasteiger partial charge >= 0.3 is 0 Å². The van der Waals surface area contributed by atoms with Crippen molar-refractivity contribution in [3.63, 3.8) is 0 Å². The average Bonchev–Trinajstić information content (AvgIpc) is 3.15. The van der Waals surface area contributed by atoms with E-state index in [0.29, 0.717) is 24.5 Å². The molecule has 2 heterocycles. The molecule has 3 rings (SSSR count). The van der Waals surface area contributed by atoms with Crippen molar-refractivity contribution in [3.8, 4) is 0 Å². The Kier molecular flexibility index (Phi) is 6.40. The third-order valence-corrected chi connectivity index (χ3v) is 4.89. The molecule has 7 nitrogen and oxygen atoms in total. The lowest BCUT2D eigenvalue weighted by atomic mass is 10.2. The zero-order chi connectivity index (χ0) is 18.4. The van der Waals surface area contributed by atoms with Crippen LogP contribution in [0.2, 0.25) is 0 Å². The predicted octanol–water partition coefficient (Wildman–Crippen LogP) is 2.04. The third-order valence-electron chi connectivity index (χ3n) is 4.36. The summed E-state index contributed by atoms with van der Waals surface area (Å²) in [4.78, 5) is 22.7. The summed E-state index contributed by atoms with van der Waals surface area (Å²) >= 11 is 3.35. The number of anilines is 2. The largest absolute Gasteiger partial charge is 0.394 e. The highest BCUT2D eigenvalue weighted by molar-refractivity contribution is 9.10. The highest BCUT2D eigenvalue weighted by Crippen LogP contribution is 2.24. The summed E-state index contributed by atoms with van der Waals surface area (Å²) in [6, 6.07) is 9.24. The van der Waals surface area contributed by atoms with Gasteiger partial charge in [-0.25, -0.2) is 9.97 Å². The lowest BCUT2D eigenvalue weighted by molar-refractivity contribution is 0.0955. The van der Waals surface area contributed by atoms with E-state index in [1.807, 2.05) is 18.2 Å². The van der Waals surface area contributed by atoms with Gasteiger partial charge in [0.25, 0.3) is 5.91 Å². The number of rotatable bonds is 7. The minimum absolute atomic E-state index is 0.106. The molecule has 1 saturated heterocycles. The van der Waals surface area contributed by atoms with Gasteiger partial charge in [0.1, 0.15) is 18.0 Å². The number of carbonyl (C=O) groups excluding carboxylic acids is 1. The molecule has 0 aliphatic carbocycles. The van der Waals surface area contributed by atoms with Crippen LogP contribution in [0.4, 0.5) is 11.6 Å². The lowest BCUT2D eigenvalue weighted by Gasteiger charge is -2.24. The van der Waals surface area contributed by atoms with Crippen molar-refractivity contribution in [2.45, 2.75) is 18.9 Å². The molecule has 1 aliphatic heterocycles. The predicted molar refractivity (Wildman–Crippen MR) is 104 cm³/mol. The Labute approximate surface area is 161 Å². The van der Waals surface area contributed by atoms with E-state index in [2.05, 4.69) is 41.4 Å². The average molecular weight is 420 g/mol. The molecular formula is C18H22BrN5O2. The third kappa shape index (κ3) is 4.70. The molecule has 2 aromatic rings. The van der Waals surface area contributed by atoms with Gasteiger partial charge in [0.15, 0.2) is 0 Å². The first-order valence-electron chi connectivity index (χ1n) is 8.64. The first-order valence-corrected chi connectivity index (χ1v) is 9.44. The van der Waals surface area contributed by atoms with Gasteiger partial charge in [-0.3, -0.25) is 4.79 Å². The Morgan fingerprint density at radius 1 is 1.27 bits per heavy atom. The molecule has 0 spiro atoms. The maximum absolute atomic E-state index is 12.1. The van der Waals surface area contributed by atoms with Gasteiger partial charge < -0.3 is 20.6 Å². The Morgan fingerprint density at radius 2 is 2.08 bits per heavy atom. The number of benzene rings is 1. The van der Waals surface area contributed by atoms with Crippen LogP contribution >= 0.6 is 15.9 Å². The van der Waals surface area contributed by atoms with Crippen LogP contribution in [0.5, 0.6) is 0 Å². The Morgan fingerprint density at radius 3 is 2.85 bits per heavy atom. The fourth-order valence-electron chi connectivity index (χ4n) is 3.00. The second-order valence-electron chi connectivity index (χ2n) is 6.12. The van der Waals surface area contributed by atoms with Crippen molar-refractivity contribution in [1.29, 1.82) is 0 Å². The molecule has 1 aliphatic rings. The SMILES string of the molecule is O=C(NCCNc1cc(N2CCCC2CO)ncn1)c1ccc(Br)cc1. The summed E-state index contributed by atoms with van der Waals surface area (Å²) < 4.78 is 0.941. The monoisotopic (exact) mass is 419 g/mol. The molecule has 0 radical (unpaired) electrons. The molecule has 1 aromatic heterocycles. The highest BCUT2D eigenvalue weighted by Gasteiger charge is 2.25. The topological polar surface area (TPSA) is 90.4 Å². The summed E-state index contributed by atoms with van der Waals surface area (Å²) in [6.07, 6.45) is 3.55. The number of hydrogen-bond acceptors (Lipinski definition) is 6. The van der Waals surface area contributed by atoms with E-state index in [-0.39, 0.29) is 18.6 Å². The molecular weight excluding hydrogens is 398 g/mol. The van der Waals surface area contributed by atoms with E-state index in [1.165, 1.54) is 6.33 Å². The summed E-state index contributed by atoms with van der Waals surface area (Å²) in [5, 5.41) is 15.5. The first-order chi connectivity index (χ1) is 12.7. The van der Waals surface area contributed by atoms with E-state index in [1.54, 1.807) is 12.1 Å². The van der Waals surface area contributed by atoms with Gasteiger partial charge in [-0.1, -0.05) is 15.9 Å². The van der Waals surface area contributed by atoms with Crippen LogP contribution in [0.25, 0.3) is 0 Å². The molecule has 0 bridgehead atoms. The van der Waals surface area contributed by atoms with Crippen LogP contribution in [-0.2, 0) is 0 Å². The van der Waals surface area contributed by atoms with Gasteiger partial charge in [0.05, 0.1) is 12.6 Å². The van der Waals surface area contributed by atoms with Crippen molar-refractivity contribution in [2.24, 2.45) is 0 Å². The van der Waals surface area contributed by atoms with E-state index in [0.717, 1.165) is 29.7 Å². The van der Waals surface area contributed by atoms with Crippen LogP contribution in [0.3, 0.4) is 0 Å². The fourth-order valence-corrected chi connectivity index (χ4v) is 3.26. The number of carbonyl (C=O) groups is 1. The maximum Gasteiger partial charge on any atom is 0.251 e. The summed E-state index contributed by atoms with van der Waals surface area (Å²) in [5.41, 5.74) is 0.626. The number of aliphatic hydroxyl groups excluding tert-OH is 1. The molecule has 3 N–H and O–H groups in total. The molecule has 26 heavy (non-hydrogen) atoms. The molecule has 0 saturated carbocycles. The van der Waals surface area contributed by atoms with Crippen molar-refractivity contribution in [1.82, 2.24) is 15.3 Å². The van der Waals surface area contributed by atoms with Gasteiger partial charge in [-0.15, -0.1) is 0 Å². The standard InChI is InChI=1S/C18H22BrN5O2/c19-14-5-3-13(4-6-14)18(26)21-8-7-20-16-10-17(23-12-22-16)24-9-1-2-15(24)11-25/h3-6,10,12,15,25H,1-2,7-9,11H2,(H,21,26)(H,20,22,23). The normalized spacial score (nSPS) is 16.5. The van der Waals surface area contributed by atoms with Crippen LogP contribution in [0.15, 0.2) is 41.1 Å². The smallest absolute Gasteiger partial charge is 0.251 e. The quantitative estimate of drug-likeness (QED) is 0.594. The Hall–Kier alpha value is -2.19. The van der Waals surface area contributed by atoms with Crippen LogP contribution in [0.1, 0.15) is 23.2 Å². The molecule has 1 fully saturated rings. The van der Waals surface area contributed by atoms with Gasteiger partial charge in [-0.2, -0.15) is 0 Å². The van der Waals surface area contributed by atoms with Crippen molar-refractivity contribution >= 4 is 33.5 Å². The number of hydrogen-bond donors (Lipinski definition) is 3. The van der Waals surface area contributed by atoms with Crippen LogP contribution < -0.4 is 15.5 Å². The molecule has 1 unspecified atom stereocenters. The van der Waals surface area contributed by atoms with E-state index < -0.39 is 0 Å². The van der Waals surface area contributed by atoms with Crippen molar-refractivity contribution in [2.75, 3.05) is 36.5 Å². The second-order valence-corrected chi connectivity index (χ2v) is 7.04. The molecule has 1 atom stereocenters. The summed E-state index contributed by atoms with van der Waals surface area (Å²) in [6.45, 7) is 2.07.